The Balaban J connectivity index is 2.10. The number of benzene rings is 1. The van der Waals surface area contributed by atoms with Crippen molar-refractivity contribution in [2.24, 2.45) is 0 Å². The third kappa shape index (κ3) is 3.59. The molecule has 0 unspecified atom stereocenters. The van der Waals surface area contributed by atoms with E-state index in [0.29, 0.717) is 23.4 Å². The van der Waals surface area contributed by atoms with E-state index in [2.05, 4.69) is 9.82 Å². The summed E-state index contributed by atoms with van der Waals surface area (Å²) in [5, 5.41) is 12.8. The van der Waals surface area contributed by atoms with Crippen molar-refractivity contribution < 1.29 is 8.42 Å². The smallest absolute Gasteiger partial charge is 0.240 e. The Morgan fingerprint density at radius 2 is 2.24 bits per heavy atom. The summed E-state index contributed by atoms with van der Waals surface area (Å²) in [5.74, 6) is 0. The highest BCUT2D eigenvalue weighted by atomic mass is 32.2. The molecule has 0 saturated heterocycles. The molecule has 0 radical (unpaired) electrons. The lowest BCUT2D eigenvalue weighted by Crippen LogP contribution is -2.28. The molecule has 0 spiro atoms. The van der Waals surface area contributed by atoms with Crippen LogP contribution in [-0.4, -0.2) is 24.7 Å². The minimum Gasteiger partial charge on any atom is -0.396 e. The average molecular weight is 305 g/mol. The number of hydrogen-bond donors (Lipinski definition) is 2. The number of nitriles is 1. The number of anilines is 1. The Kier molecular flexibility index (Phi) is 4.26. The number of aromatic nitrogens is 2. The molecule has 7 nitrogen and oxygen atoms in total. The molecule has 21 heavy (non-hydrogen) atoms. The summed E-state index contributed by atoms with van der Waals surface area (Å²) in [6, 6.07) is 6.49. The van der Waals surface area contributed by atoms with Crippen LogP contribution in [0.25, 0.3) is 0 Å². The van der Waals surface area contributed by atoms with E-state index in [1.807, 2.05) is 6.07 Å². The van der Waals surface area contributed by atoms with E-state index >= 15 is 0 Å². The van der Waals surface area contributed by atoms with Crippen molar-refractivity contribution in [2.45, 2.75) is 18.4 Å². The number of hydrogen-bond acceptors (Lipinski definition) is 5. The maximum absolute atomic E-state index is 12.2. The number of sulfonamides is 1. The Morgan fingerprint density at radius 1 is 1.48 bits per heavy atom. The molecule has 0 aliphatic carbocycles. The third-order valence-electron chi connectivity index (χ3n) is 2.89. The van der Waals surface area contributed by atoms with Crippen molar-refractivity contribution in [2.75, 3.05) is 12.3 Å². The van der Waals surface area contributed by atoms with Crippen LogP contribution in [0.4, 0.5) is 5.69 Å². The molecule has 2 rings (SSSR count). The Labute approximate surface area is 123 Å². The van der Waals surface area contributed by atoms with Gasteiger partial charge in [0.15, 0.2) is 0 Å². The number of nitrogen functional groups attached to an aromatic ring is 1. The zero-order chi connectivity index (χ0) is 15.5. The fraction of sp³-hybridized carbons (Fsp3) is 0.231. The lowest BCUT2D eigenvalue weighted by Gasteiger charge is -2.09. The lowest BCUT2D eigenvalue weighted by molar-refractivity contribution is 0.560. The number of rotatable bonds is 5. The van der Waals surface area contributed by atoms with Gasteiger partial charge in [-0.1, -0.05) is 6.07 Å². The molecule has 3 N–H and O–H groups in total. The standard InChI is InChI=1S/C13H15N5O2S/c1-10-2-3-11(7-14)6-13(10)21(19,20)17-4-5-18-9-12(15)8-16-18/h2-3,6,8-9,17H,4-5,15H2,1H3. The maximum Gasteiger partial charge on any atom is 0.240 e. The van der Waals surface area contributed by atoms with Crippen LogP contribution in [0.2, 0.25) is 0 Å². The molecule has 0 bridgehead atoms. The van der Waals surface area contributed by atoms with Crippen molar-refractivity contribution in [1.29, 1.82) is 5.26 Å². The van der Waals surface area contributed by atoms with E-state index in [-0.39, 0.29) is 11.4 Å². The summed E-state index contributed by atoms with van der Waals surface area (Å²) >= 11 is 0. The summed E-state index contributed by atoms with van der Waals surface area (Å²) in [6.07, 6.45) is 3.12. The maximum atomic E-state index is 12.2. The third-order valence-corrected chi connectivity index (χ3v) is 4.50. The lowest BCUT2D eigenvalue weighted by atomic mass is 10.2. The van der Waals surface area contributed by atoms with Crippen molar-refractivity contribution in [3.05, 3.63) is 41.7 Å². The van der Waals surface area contributed by atoms with Crippen LogP contribution in [0.3, 0.4) is 0 Å². The van der Waals surface area contributed by atoms with Crippen molar-refractivity contribution in [3.8, 4) is 6.07 Å². The summed E-state index contributed by atoms with van der Waals surface area (Å²) in [5.41, 5.74) is 6.94. The quantitative estimate of drug-likeness (QED) is 0.840. The first-order chi connectivity index (χ1) is 9.92. The van der Waals surface area contributed by atoms with Gasteiger partial charge in [-0.3, -0.25) is 4.68 Å². The van der Waals surface area contributed by atoms with Gasteiger partial charge in [0, 0.05) is 12.7 Å². The van der Waals surface area contributed by atoms with Gasteiger partial charge in [-0.25, -0.2) is 13.1 Å². The molecular formula is C13H15N5O2S. The summed E-state index contributed by atoms with van der Waals surface area (Å²) in [7, 11) is -3.66. The van der Waals surface area contributed by atoms with Gasteiger partial charge >= 0.3 is 0 Å². The minimum atomic E-state index is -3.66. The first kappa shape index (κ1) is 15.0. The highest BCUT2D eigenvalue weighted by Gasteiger charge is 2.16. The van der Waals surface area contributed by atoms with Gasteiger partial charge < -0.3 is 5.73 Å². The van der Waals surface area contributed by atoms with E-state index in [1.165, 1.54) is 12.3 Å². The fourth-order valence-electron chi connectivity index (χ4n) is 1.83. The molecule has 1 heterocycles. The second-order valence-electron chi connectivity index (χ2n) is 4.53. The summed E-state index contributed by atoms with van der Waals surface area (Å²) < 4.78 is 28.5. The van der Waals surface area contributed by atoms with Gasteiger partial charge in [-0.2, -0.15) is 10.4 Å². The molecule has 0 fully saturated rings. The van der Waals surface area contributed by atoms with Gasteiger partial charge in [-0.05, 0) is 24.6 Å². The number of nitrogens with two attached hydrogens (primary N) is 1. The molecule has 110 valence electrons. The van der Waals surface area contributed by atoms with Gasteiger partial charge in [0.1, 0.15) is 0 Å². The second kappa shape index (κ2) is 5.95. The predicted molar refractivity (Wildman–Crippen MR) is 77.7 cm³/mol. The monoisotopic (exact) mass is 305 g/mol. The van der Waals surface area contributed by atoms with E-state index in [4.69, 9.17) is 11.0 Å². The highest BCUT2D eigenvalue weighted by molar-refractivity contribution is 7.89. The summed E-state index contributed by atoms with van der Waals surface area (Å²) in [6.45, 7) is 2.23. The average Bonchev–Trinajstić information content (AvgIpc) is 2.84. The molecule has 8 heteroatoms. The van der Waals surface area contributed by atoms with Crippen molar-refractivity contribution >= 4 is 15.7 Å². The topological polar surface area (TPSA) is 114 Å². The van der Waals surface area contributed by atoms with E-state index in [0.717, 1.165) is 0 Å². The SMILES string of the molecule is Cc1ccc(C#N)cc1S(=O)(=O)NCCn1cc(N)cn1. The Bertz CT molecular complexity index is 789. The van der Waals surface area contributed by atoms with Crippen LogP contribution in [0.15, 0.2) is 35.5 Å². The van der Waals surface area contributed by atoms with Crippen LogP contribution < -0.4 is 10.5 Å². The van der Waals surface area contributed by atoms with Gasteiger partial charge in [0.2, 0.25) is 10.0 Å². The molecule has 1 aromatic heterocycles. The van der Waals surface area contributed by atoms with Crippen LogP contribution in [0.5, 0.6) is 0 Å². The molecule has 0 aliphatic heterocycles. The van der Waals surface area contributed by atoms with Crippen LogP contribution >= 0.6 is 0 Å². The molecule has 1 aromatic carbocycles. The molecule has 0 amide bonds. The molecule has 0 atom stereocenters. The Morgan fingerprint density at radius 3 is 2.86 bits per heavy atom. The number of aryl methyl sites for hydroxylation is 1. The van der Waals surface area contributed by atoms with Crippen LogP contribution in [0.1, 0.15) is 11.1 Å². The van der Waals surface area contributed by atoms with Gasteiger partial charge in [0.05, 0.1) is 35.0 Å². The van der Waals surface area contributed by atoms with E-state index < -0.39 is 10.0 Å². The van der Waals surface area contributed by atoms with E-state index in [1.54, 1.807) is 29.9 Å². The first-order valence-electron chi connectivity index (χ1n) is 6.21. The van der Waals surface area contributed by atoms with Gasteiger partial charge in [0.25, 0.3) is 0 Å². The largest absolute Gasteiger partial charge is 0.396 e. The molecule has 0 saturated carbocycles. The van der Waals surface area contributed by atoms with Crippen LogP contribution in [-0.2, 0) is 16.6 Å². The summed E-state index contributed by atoms with van der Waals surface area (Å²) in [4.78, 5) is 0.113. The van der Waals surface area contributed by atoms with Crippen molar-refractivity contribution in [1.82, 2.24) is 14.5 Å². The first-order valence-corrected chi connectivity index (χ1v) is 7.69. The molecule has 2 aromatic rings. The van der Waals surface area contributed by atoms with Gasteiger partial charge in [-0.15, -0.1) is 0 Å². The fourth-order valence-corrected chi connectivity index (χ4v) is 3.12. The van der Waals surface area contributed by atoms with E-state index in [9.17, 15) is 8.42 Å². The number of nitrogens with one attached hydrogen (secondary N) is 1. The Hall–Kier alpha value is -2.37. The van der Waals surface area contributed by atoms with Crippen LogP contribution in [0, 0.1) is 18.3 Å². The zero-order valence-corrected chi connectivity index (χ0v) is 12.3. The molecular weight excluding hydrogens is 290 g/mol. The molecule has 0 aliphatic rings. The normalized spacial score (nSPS) is 11.2. The minimum absolute atomic E-state index is 0.113. The highest BCUT2D eigenvalue weighted by Crippen LogP contribution is 2.16. The second-order valence-corrected chi connectivity index (χ2v) is 6.26. The predicted octanol–water partition coefficient (Wildman–Crippen LogP) is 0.624. The van der Waals surface area contributed by atoms with Crippen molar-refractivity contribution in [3.63, 3.8) is 0 Å². The number of nitrogens with zero attached hydrogens (tertiary/aromatic N) is 3. The zero-order valence-electron chi connectivity index (χ0n) is 11.4.